The molecule has 2 N–H and O–H groups in total. The zero-order chi connectivity index (χ0) is 15.4. The molecule has 0 aliphatic heterocycles. The van der Waals surface area contributed by atoms with Crippen LogP contribution in [0.3, 0.4) is 0 Å². The zero-order valence-corrected chi connectivity index (χ0v) is 13.2. The van der Waals surface area contributed by atoms with E-state index >= 15 is 0 Å². The van der Waals surface area contributed by atoms with E-state index in [9.17, 15) is 4.79 Å². The van der Waals surface area contributed by atoms with Crippen molar-refractivity contribution in [3.8, 4) is 5.75 Å². The van der Waals surface area contributed by atoms with Gasteiger partial charge in [0.1, 0.15) is 11.6 Å². The van der Waals surface area contributed by atoms with Gasteiger partial charge in [0, 0.05) is 25.0 Å². The van der Waals surface area contributed by atoms with Crippen molar-refractivity contribution in [2.24, 2.45) is 7.05 Å². The summed E-state index contributed by atoms with van der Waals surface area (Å²) in [5.41, 5.74) is 0.442. The summed E-state index contributed by atoms with van der Waals surface area (Å²) >= 11 is 10.9. The number of methoxy groups -OCH3 is 1. The standard InChI is InChI=1S/C13H15ClN4O2S/c1-18-11(16-17-13(18)21)5-6-15-12(19)9-4-3-8(14)7-10(9)20-2/h3-4,7H,5-6H2,1-2H3,(H,15,19)(H,17,21). The molecule has 0 unspecified atom stereocenters. The molecule has 0 atom stereocenters. The molecule has 8 heteroatoms. The molecule has 0 saturated carbocycles. The smallest absolute Gasteiger partial charge is 0.255 e. The topological polar surface area (TPSA) is 71.9 Å². The van der Waals surface area contributed by atoms with Crippen LogP contribution in [0.25, 0.3) is 0 Å². The first-order valence-electron chi connectivity index (χ1n) is 6.25. The maximum absolute atomic E-state index is 12.1. The number of nitrogens with one attached hydrogen (secondary N) is 2. The van der Waals surface area contributed by atoms with Gasteiger partial charge in [-0.3, -0.25) is 9.89 Å². The summed E-state index contributed by atoms with van der Waals surface area (Å²) in [7, 11) is 3.32. The average molecular weight is 327 g/mol. The lowest BCUT2D eigenvalue weighted by Crippen LogP contribution is -2.26. The Hall–Kier alpha value is -1.86. The van der Waals surface area contributed by atoms with E-state index in [0.717, 1.165) is 5.82 Å². The first-order chi connectivity index (χ1) is 10.0. The molecule has 2 rings (SSSR count). The number of ether oxygens (including phenoxy) is 1. The summed E-state index contributed by atoms with van der Waals surface area (Å²) < 4.78 is 7.47. The third-order valence-electron chi connectivity index (χ3n) is 3.01. The molecule has 0 saturated heterocycles. The van der Waals surface area contributed by atoms with Gasteiger partial charge in [0.25, 0.3) is 5.91 Å². The molecular formula is C13H15ClN4O2S. The number of benzene rings is 1. The molecule has 0 aliphatic rings. The molecule has 1 heterocycles. The van der Waals surface area contributed by atoms with E-state index in [4.69, 9.17) is 28.6 Å². The molecule has 0 spiro atoms. The minimum absolute atomic E-state index is 0.222. The fraction of sp³-hybridized carbons (Fsp3) is 0.308. The van der Waals surface area contributed by atoms with Gasteiger partial charge in [-0.15, -0.1) is 0 Å². The number of carbonyl (C=O) groups excluding carboxylic acids is 1. The molecule has 1 amide bonds. The van der Waals surface area contributed by atoms with Crippen LogP contribution in [-0.2, 0) is 13.5 Å². The number of carbonyl (C=O) groups is 1. The van der Waals surface area contributed by atoms with E-state index in [-0.39, 0.29) is 5.91 Å². The second kappa shape index (κ2) is 6.73. The van der Waals surface area contributed by atoms with E-state index in [2.05, 4.69) is 15.5 Å². The number of H-pyrrole nitrogens is 1. The van der Waals surface area contributed by atoms with Crippen molar-refractivity contribution >= 4 is 29.7 Å². The highest BCUT2D eigenvalue weighted by Crippen LogP contribution is 2.22. The predicted molar refractivity (Wildman–Crippen MR) is 82.4 cm³/mol. The van der Waals surface area contributed by atoms with Gasteiger partial charge in [-0.2, -0.15) is 5.10 Å². The molecule has 0 radical (unpaired) electrons. The zero-order valence-electron chi connectivity index (χ0n) is 11.6. The van der Waals surface area contributed by atoms with Crippen molar-refractivity contribution in [1.29, 1.82) is 0 Å². The summed E-state index contributed by atoms with van der Waals surface area (Å²) in [6.07, 6.45) is 0.575. The van der Waals surface area contributed by atoms with E-state index in [1.807, 2.05) is 7.05 Å². The van der Waals surface area contributed by atoms with Crippen molar-refractivity contribution in [3.05, 3.63) is 39.4 Å². The van der Waals surface area contributed by atoms with Crippen molar-refractivity contribution < 1.29 is 9.53 Å². The lowest BCUT2D eigenvalue weighted by atomic mass is 10.2. The number of rotatable bonds is 5. The molecular weight excluding hydrogens is 312 g/mol. The quantitative estimate of drug-likeness (QED) is 0.825. The normalized spacial score (nSPS) is 10.4. The molecule has 21 heavy (non-hydrogen) atoms. The van der Waals surface area contributed by atoms with E-state index in [1.165, 1.54) is 7.11 Å². The molecule has 6 nitrogen and oxygen atoms in total. The maximum Gasteiger partial charge on any atom is 0.255 e. The summed E-state index contributed by atoms with van der Waals surface area (Å²) in [6, 6.07) is 4.89. The lowest BCUT2D eigenvalue weighted by molar-refractivity contribution is 0.0951. The molecule has 112 valence electrons. The van der Waals surface area contributed by atoms with Gasteiger partial charge in [0.15, 0.2) is 4.77 Å². The Bertz CT molecular complexity index is 710. The molecule has 2 aromatic rings. The second-order valence-corrected chi connectivity index (χ2v) is 5.18. The fourth-order valence-electron chi connectivity index (χ4n) is 1.84. The third-order valence-corrected chi connectivity index (χ3v) is 3.62. The van der Waals surface area contributed by atoms with Crippen LogP contribution >= 0.6 is 23.8 Å². The minimum atomic E-state index is -0.222. The monoisotopic (exact) mass is 326 g/mol. The fourth-order valence-corrected chi connectivity index (χ4v) is 2.15. The van der Waals surface area contributed by atoms with Gasteiger partial charge in [-0.1, -0.05) is 11.6 Å². The highest BCUT2D eigenvalue weighted by molar-refractivity contribution is 7.71. The Labute approximate surface area is 132 Å². The Morgan fingerprint density at radius 1 is 1.57 bits per heavy atom. The van der Waals surface area contributed by atoms with Crippen molar-refractivity contribution in [2.75, 3.05) is 13.7 Å². The summed E-state index contributed by atoms with van der Waals surface area (Å²) in [4.78, 5) is 12.1. The van der Waals surface area contributed by atoms with Crippen molar-refractivity contribution in [3.63, 3.8) is 0 Å². The summed E-state index contributed by atoms with van der Waals surface area (Å²) in [5, 5.41) is 10.1. The van der Waals surface area contributed by atoms with Gasteiger partial charge in [-0.05, 0) is 30.4 Å². The predicted octanol–water partition coefficient (Wildman–Crippen LogP) is 2.11. The van der Waals surface area contributed by atoms with Crippen LogP contribution < -0.4 is 10.1 Å². The van der Waals surface area contributed by atoms with Crippen LogP contribution in [0, 0.1) is 4.77 Å². The van der Waals surface area contributed by atoms with Gasteiger partial charge >= 0.3 is 0 Å². The minimum Gasteiger partial charge on any atom is -0.496 e. The number of hydrogen-bond donors (Lipinski definition) is 2. The molecule has 0 fully saturated rings. The van der Waals surface area contributed by atoms with Gasteiger partial charge in [0.2, 0.25) is 0 Å². The van der Waals surface area contributed by atoms with Crippen LogP contribution in [0.5, 0.6) is 5.75 Å². The first kappa shape index (κ1) is 15.5. The van der Waals surface area contributed by atoms with E-state index in [1.54, 1.807) is 22.8 Å². The number of aromatic nitrogens is 3. The summed E-state index contributed by atoms with van der Waals surface area (Å²) in [5.74, 6) is 1.00. The summed E-state index contributed by atoms with van der Waals surface area (Å²) in [6.45, 7) is 0.443. The van der Waals surface area contributed by atoms with Gasteiger partial charge in [-0.25, -0.2) is 0 Å². The van der Waals surface area contributed by atoms with Crippen LogP contribution in [0.15, 0.2) is 18.2 Å². The number of amides is 1. The third kappa shape index (κ3) is 3.62. The molecule has 0 bridgehead atoms. The van der Waals surface area contributed by atoms with Crippen LogP contribution in [0.4, 0.5) is 0 Å². The van der Waals surface area contributed by atoms with Crippen molar-refractivity contribution in [2.45, 2.75) is 6.42 Å². The Balaban J connectivity index is 1.99. The Morgan fingerprint density at radius 2 is 2.33 bits per heavy atom. The first-order valence-corrected chi connectivity index (χ1v) is 7.03. The van der Waals surface area contributed by atoms with Crippen LogP contribution in [-0.4, -0.2) is 34.3 Å². The van der Waals surface area contributed by atoms with Crippen LogP contribution in [0.2, 0.25) is 5.02 Å². The second-order valence-electron chi connectivity index (χ2n) is 4.35. The van der Waals surface area contributed by atoms with E-state index in [0.29, 0.717) is 34.1 Å². The molecule has 0 aliphatic carbocycles. The molecule has 1 aromatic heterocycles. The Kier molecular flexibility index (Phi) is 4.98. The lowest BCUT2D eigenvalue weighted by Gasteiger charge is -2.09. The maximum atomic E-state index is 12.1. The Morgan fingerprint density at radius 3 is 2.95 bits per heavy atom. The number of aromatic amines is 1. The molecule has 1 aromatic carbocycles. The average Bonchev–Trinajstić information content (AvgIpc) is 2.79. The highest BCUT2D eigenvalue weighted by atomic mass is 35.5. The number of nitrogens with zero attached hydrogens (tertiary/aromatic N) is 2. The number of hydrogen-bond acceptors (Lipinski definition) is 4. The van der Waals surface area contributed by atoms with Crippen LogP contribution in [0.1, 0.15) is 16.2 Å². The van der Waals surface area contributed by atoms with Crippen molar-refractivity contribution in [1.82, 2.24) is 20.1 Å². The number of halogens is 1. The van der Waals surface area contributed by atoms with Gasteiger partial charge < -0.3 is 14.6 Å². The largest absolute Gasteiger partial charge is 0.496 e. The SMILES string of the molecule is COc1cc(Cl)ccc1C(=O)NCCc1n[nH]c(=S)n1C. The van der Waals surface area contributed by atoms with Gasteiger partial charge in [0.05, 0.1) is 12.7 Å². The highest BCUT2D eigenvalue weighted by Gasteiger charge is 2.12. The van der Waals surface area contributed by atoms with E-state index < -0.39 is 0 Å².